The zero-order chi connectivity index (χ0) is 54.7. The van der Waals surface area contributed by atoms with Gasteiger partial charge in [0.15, 0.2) is 0 Å². The fourth-order valence-corrected chi connectivity index (χ4v) is 10.0. The number of aryl methyl sites for hydroxylation is 1. The molecule has 2 aromatic carbocycles. The standard InChI is InChI=1S/C54H74N10O12S/c1-35(2)50(54(71)64-30-43(65)23-46(64)53(70)59-36(3)38-9-11-40(12-10-38)51-37(4)58-34-77-51)61-48(67)31-75-21-19-73-17-15-72-16-18-74-20-22-76-32-49(68)63-27-42(28-63)60-47-24-45(56-33-57-47)52(69)55-25-44(66)29-62-14-13-39-7-5-6-8-41(39)26-62/h5-12,24,33-36,42-44,46,50,65-66H,13-23,25-32H2,1-4H3,(H,55,69)(H,59,70)(H,61,67)(H,56,57,60)/t36-,43+,44-,46-,50-/m0/s1. The lowest BCUT2D eigenvalue weighted by molar-refractivity contribution is -0.143. The molecule has 5 heterocycles. The van der Waals surface area contributed by atoms with Crippen molar-refractivity contribution in [2.75, 3.05) is 111 Å². The Morgan fingerprint density at radius 1 is 0.805 bits per heavy atom. The number of nitrogens with one attached hydrogen (secondary N) is 4. The van der Waals surface area contributed by atoms with Crippen molar-refractivity contribution >= 4 is 46.7 Å². The number of fused-ring (bicyclic) bond motifs is 1. The molecule has 418 valence electrons. The predicted molar refractivity (Wildman–Crippen MR) is 286 cm³/mol. The summed E-state index contributed by atoms with van der Waals surface area (Å²) in [7, 11) is 0. The Labute approximate surface area is 453 Å². The molecule has 0 radical (unpaired) electrons. The molecule has 0 bridgehead atoms. The van der Waals surface area contributed by atoms with Crippen LogP contribution >= 0.6 is 11.3 Å². The summed E-state index contributed by atoms with van der Waals surface area (Å²) in [5, 5.41) is 32.9. The highest BCUT2D eigenvalue weighted by atomic mass is 32.1. The van der Waals surface area contributed by atoms with Gasteiger partial charge in [-0.2, -0.15) is 0 Å². The van der Waals surface area contributed by atoms with Crippen LogP contribution in [0.1, 0.15) is 66.1 Å². The Hall–Kier alpha value is -6.02. The van der Waals surface area contributed by atoms with Crippen molar-refractivity contribution in [3.8, 4) is 10.4 Å². The molecule has 0 aliphatic carbocycles. The number of hydrogen-bond acceptors (Lipinski definition) is 18. The predicted octanol–water partition coefficient (Wildman–Crippen LogP) is 1.74. The first kappa shape index (κ1) is 58.7. The molecule has 77 heavy (non-hydrogen) atoms. The van der Waals surface area contributed by atoms with Crippen LogP contribution < -0.4 is 21.3 Å². The van der Waals surface area contributed by atoms with Crippen molar-refractivity contribution in [2.45, 2.75) is 83.5 Å². The molecule has 23 heteroatoms. The third-order valence-electron chi connectivity index (χ3n) is 13.5. The lowest BCUT2D eigenvalue weighted by atomic mass is 10.00. The van der Waals surface area contributed by atoms with Gasteiger partial charge in [0.1, 0.15) is 43.1 Å². The van der Waals surface area contributed by atoms with E-state index in [1.165, 1.54) is 22.4 Å². The van der Waals surface area contributed by atoms with E-state index in [1.807, 2.05) is 55.8 Å². The minimum absolute atomic E-state index is 0.0240. The van der Waals surface area contributed by atoms with Crippen molar-refractivity contribution in [2.24, 2.45) is 5.92 Å². The molecule has 2 aromatic heterocycles. The molecular weight excluding hydrogens is 1010 g/mol. The largest absolute Gasteiger partial charge is 0.391 e. The first-order valence-corrected chi connectivity index (χ1v) is 27.2. The van der Waals surface area contributed by atoms with E-state index in [4.69, 9.17) is 23.7 Å². The molecule has 6 N–H and O–H groups in total. The number of carbonyl (C=O) groups excluding carboxylic acids is 5. The van der Waals surface area contributed by atoms with Crippen LogP contribution in [-0.2, 0) is 55.8 Å². The summed E-state index contributed by atoms with van der Waals surface area (Å²) < 4.78 is 27.6. The number of likely N-dealkylation sites (tertiary alicyclic amines) is 2. The molecule has 22 nitrogen and oxygen atoms in total. The fourth-order valence-electron chi connectivity index (χ4n) is 9.22. The van der Waals surface area contributed by atoms with E-state index < -0.39 is 42.0 Å². The van der Waals surface area contributed by atoms with Crippen LogP contribution in [0.5, 0.6) is 0 Å². The van der Waals surface area contributed by atoms with E-state index >= 15 is 0 Å². The number of aromatic nitrogens is 3. The smallest absolute Gasteiger partial charge is 0.270 e. The van der Waals surface area contributed by atoms with Crippen molar-refractivity contribution in [3.63, 3.8) is 0 Å². The number of aliphatic hydroxyl groups is 2. The monoisotopic (exact) mass is 1090 g/mol. The van der Waals surface area contributed by atoms with Crippen molar-refractivity contribution in [3.05, 3.63) is 94.5 Å². The highest BCUT2D eigenvalue weighted by molar-refractivity contribution is 7.13. The summed E-state index contributed by atoms with van der Waals surface area (Å²) in [6.07, 6.45) is 0.710. The van der Waals surface area contributed by atoms with Crippen molar-refractivity contribution in [1.82, 2.24) is 45.6 Å². The van der Waals surface area contributed by atoms with Gasteiger partial charge in [0.05, 0.1) is 93.2 Å². The average molecular weight is 1090 g/mol. The topological polar surface area (TPSA) is 268 Å². The maximum absolute atomic E-state index is 13.8. The van der Waals surface area contributed by atoms with Crippen LogP contribution in [0.2, 0.25) is 0 Å². The van der Waals surface area contributed by atoms with Crippen LogP contribution in [-0.4, -0.2) is 205 Å². The fraction of sp³-hybridized carbons (Fsp3) is 0.556. The van der Waals surface area contributed by atoms with E-state index in [-0.39, 0.29) is 94.7 Å². The summed E-state index contributed by atoms with van der Waals surface area (Å²) in [5.41, 5.74) is 7.47. The van der Waals surface area contributed by atoms with Gasteiger partial charge in [-0.3, -0.25) is 28.9 Å². The SMILES string of the molecule is Cc1ncsc1-c1ccc([C@H](C)NC(=O)[C@@H]2C[C@@H](O)CN2C(=O)[C@@H](NC(=O)COCCOCCOCCOCCOCC(=O)N2CC(Nc3cc(C(=O)NC[C@H](O)CN4CCc5ccccc5C4)ncn3)C2)C(C)C)cc1. The van der Waals surface area contributed by atoms with Gasteiger partial charge in [-0.05, 0) is 48.4 Å². The third kappa shape index (κ3) is 17.7. The molecule has 0 unspecified atom stereocenters. The number of anilines is 1. The number of nitrogens with zero attached hydrogens (tertiary/aromatic N) is 6. The molecule has 3 aliphatic heterocycles. The van der Waals surface area contributed by atoms with Gasteiger partial charge in [0.2, 0.25) is 23.6 Å². The Morgan fingerprint density at radius 2 is 1.47 bits per heavy atom. The van der Waals surface area contributed by atoms with Gasteiger partial charge < -0.3 is 65.0 Å². The summed E-state index contributed by atoms with van der Waals surface area (Å²) >= 11 is 1.57. The van der Waals surface area contributed by atoms with Crippen LogP contribution in [0.3, 0.4) is 0 Å². The number of rotatable bonds is 30. The lowest BCUT2D eigenvalue weighted by Crippen LogP contribution is -2.58. The minimum Gasteiger partial charge on any atom is -0.391 e. The minimum atomic E-state index is -0.934. The number of β-amino-alcohol motifs (C(OH)–C–C–N with tert-alkyl or cyclic N) is 2. The zero-order valence-corrected chi connectivity index (χ0v) is 45.2. The molecule has 2 saturated heterocycles. The van der Waals surface area contributed by atoms with Crippen LogP contribution in [0.25, 0.3) is 10.4 Å². The zero-order valence-electron chi connectivity index (χ0n) is 44.4. The number of carbonyl (C=O) groups is 5. The molecular formula is C54H74N10O12S. The van der Waals surface area contributed by atoms with Gasteiger partial charge in [-0.15, -0.1) is 11.3 Å². The number of hydrogen-bond donors (Lipinski definition) is 6. The first-order valence-electron chi connectivity index (χ1n) is 26.3. The number of benzene rings is 2. The summed E-state index contributed by atoms with van der Waals surface area (Å²) in [6, 6.07) is 15.5. The summed E-state index contributed by atoms with van der Waals surface area (Å²) in [4.78, 5) is 84.6. The Bertz CT molecular complexity index is 2550. The van der Waals surface area contributed by atoms with Gasteiger partial charge in [-0.25, -0.2) is 15.0 Å². The normalized spacial score (nSPS) is 17.8. The molecule has 3 aliphatic rings. The Balaban J connectivity index is 0.663. The van der Waals surface area contributed by atoms with Crippen molar-refractivity contribution < 1.29 is 57.9 Å². The van der Waals surface area contributed by atoms with E-state index in [2.05, 4.69) is 53.3 Å². The van der Waals surface area contributed by atoms with Gasteiger partial charge in [0.25, 0.3) is 5.91 Å². The Morgan fingerprint density at radius 3 is 2.13 bits per heavy atom. The molecule has 4 aromatic rings. The number of amides is 5. The molecule has 0 saturated carbocycles. The number of thiazole rings is 1. The number of ether oxygens (including phenoxy) is 5. The van der Waals surface area contributed by atoms with Crippen molar-refractivity contribution in [1.29, 1.82) is 0 Å². The van der Waals surface area contributed by atoms with Gasteiger partial charge in [0, 0.05) is 58.3 Å². The van der Waals surface area contributed by atoms with Crippen LogP contribution in [0, 0.1) is 12.8 Å². The number of aliphatic hydroxyl groups excluding tert-OH is 2. The molecule has 5 amide bonds. The third-order valence-corrected chi connectivity index (χ3v) is 14.5. The summed E-state index contributed by atoms with van der Waals surface area (Å²) in [5.74, 6) is -1.72. The lowest BCUT2D eigenvalue weighted by Gasteiger charge is -2.39. The van der Waals surface area contributed by atoms with E-state index in [9.17, 15) is 34.2 Å². The quantitative estimate of drug-likeness (QED) is 0.0406. The van der Waals surface area contributed by atoms with Crippen LogP contribution in [0.15, 0.2) is 66.4 Å². The first-order chi connectivity index (χ1) is 37.2. The second-order valence-electron chi connectivity index (χ2n) is 19.8. The maximum Gasteiger partial charge on any atom is 0.270 e. The second kappa shape index (κ2) is 29.6. The van der Waals surface area contributed by atoms with E-state index in [1.54, 1.807) is 36.2 Å². The van der Waals surface area contributed by atoms with Crippen LogP contribution in [0.4, 0.5) is 5.82 Å². The average Bonchev–Trinajstić information content (AvgIpc) is 4.05. The maximum atomic E-state index is 13.8. The molecule has 0 spiro atoms. The van der Waals surface area contributed by atoms with Gasteiger partial charge in [-0.1, -0.05) is 62.4 Å². The molecule has 7 rings (SSSR count). The second-order valence-corrected chi connectivity index (χ2v) is 20.6. The molecule has 5 atom stereocenters. The van der Waals surface area contributed by atoms with E-state index in [0.717, 1.165) is 41.2 Å². The highest BCUT2D eigenvalue weighted by Crippen LogP contribution is 2.29. The van der Waals surface area contributed by atoms with E-state index in [0.29, 0.717) is 51.9 Å². The summed E-state index contributed by atoms with van der Waals surface area (Å²) in [6.45, 7) is 12.2. The van der Waals surface area contributed by atoms with Gasteiger partial charge >= 0.3 is 0 Å². The molecule has 2 fully saturated rings. The highest BCUT2D eigenvalue weighted by Gasteiger charge is 2.42. The Kier molecular flexibility index (Phi) is 22.6.